The number of nitrogens with two attached hydrogens (primary N) is 1. The molecule has 0 aromatic heterocycles. The predicted molar refractivity (Wildman–Crippen MR) is 55.0 cm³/mol. The minimum absolute atomic E-state index is 0.120. The van der Waals surface area contributed by atoms with Gasteiger partial charge in [0.1, 0.15) is 0 Å². The number of hydrogen-bond donors (Lipinski definition) is 2. The van der Waals surface area contributed by atoms with Gasteiger partial charge in [0, 0.05) is 0 Å². The number of hydrogen-bond acceptors (Lipinski definition) is 3. The monoisotopic (exact) mass is 259 g/mol. The van der Waals surface area contributed by atoms with Crippen LogP contribution in [0.15, 0.2) is 24.3 Å². The van der Waals surface area contributed by atoms with E-state index in [4.69, 9.17) is 5.73 Å². The fraction of sp³-hybridized carbons (Fsp3) is 0.200. The maximum atomic E-state index is 12.3. The molecule has 18 heavy (non-hydrogen) atoms. The number of hydrazine groups is 1. The van der Waals surface area contributed by atoms with Gasteiger partial charge in [0.05, 0.1) is 11.3 Å². The molecule has 1 unspecified atom stereocenters. The van der Waals surface area contributed by atoms with Crippen LogP contribution >= 0.6 is 0 Å². The molecule has 2 amide bonds. The largest absolute Gasteiger partial charge is 0.416 e. The van der Waals surface area contributed by atoms with Crippen molar-refractivity contribution in [2.75, 3.05) is 5.01 Å². The number of anilines is 1. The first-order valence-electron chi connectivity index (χ1n) is 4.88. The van der Waals surface area contributed by atoms with E-state index < -0.39 is 29.6 Å². The second-order valence-corrected chi connectivity index (χ2v) is 3.67. The number of carbonyl (C=O) groups excluding carboxylic acids is 2. The van der Waals surface area contributed by atoms with Crippen molar-refractivity contribution in [3.05, 3.63) is 29.8 Å². The molecule has 1 saturated heterocycles. The zero-order chi connectivity index (χ0) is 13.5. The Kier molecular flexibility index (Phi) is 2.74. The number of amides is 2. The molecular formula is C10H8F3N3O2. The molecule has 0 saturated carbocycles. The van der Waals surface area contributed by atoms with Crippen molar-refractivity contribution < 1.29 is 22.8 Å². The summed E-state index contributed by atoms with van der Waals surface area (Å²) in [5.74, 6) is -1.40. The molecule has 0 radical (unpaired) electrons. The van der Waals surface area contributed by atoms with Crippen LogP contribution < -0.4 is 16.2 Å². The number of alkyl halides is 3. The third kappa shape index (κ3) is 2.02. The minimum Gasteiger partial charge on any atom is -0.312 e. The van der Waals surface area contributed by atoms with Crippen LogP contribution in [0.25, 0.3) is 0 Å². The lowest BCUT2D eigenvalue weighted by Crippen LogP contribution is -2.37. The number of benzene rings is 1. The highest BCUT2D eigenvalue weighted by molar-refractivity contribution is 6.17. The smallest absolute Gasteiger partial charge is 0.312 e. The third-order valence-electron chi connectivity index (χ3n) is 2.44. The highest BCUT2D eigenvalue weighted by Gasteiger charge is 2.37. The van der Waals surface area contributed by atoms with Gasteiger partial charge in [0.25, 0.3) is 11.8 Å². The predicted octanol–water partition coefficient (Wildman–Crippen LogP) is 0.410. The van der Waals surface area contributed by atoms with Gasteiger partial charge in [0.2, 0.25) is 0 Å². The zero-order valence-corrected chi connectivity index (χ0v) is 8.86. The lowest BCUT2D eigenvalue weighted by Gasteiger charge is -2.16. The molecule has 2 rings (SSSR count). The zero-order valence-electron chi connectivity index (χ0n) is 8.86. The molecule has 1 atom stereocenters. The average Bonchev–Trinajstić information content (AvgIpc) is 2.56. The van der Waals surface area contributed by atoms with E-state index in [2.05, 4.69) is 5.43 Å². The Bertz CT molecular complexity index is 498. The Morgan fingerprint density at radius 3 is 2.11 bits per heavy atom. The van der Waals surface area contributed by atoms with Crippen LogP contribution in [0.1, 0.15) is 5.56 Å². The summed E-state index contributed by atoms with van der Waals surface area (Å²) in [6.45, 7) is 0. The molecule has 0 spiro atoms. The second kappa shape index (κ2) is 3.98. The van der Waals surface area contributed by atoms with Gasteiger partial charge in [-0.2, -0.15) is 13.2 Å². The van der Waals surface area contributed by atoms with Crippen LogP contribution in [-0.2, 0) is 15.8 Å². The third-order valence-corrected chi connectivity index (χ3v) is 2.44. The molecule has 8 heteroatoms. The van der Waals surface area contributed by atoms with Crippen LogP contribution in [0.5, 0.6) is 0 Å². The lowest BCUT2D eigenvalue weighted by molar-refractivity contribution is -0.137. The molecule has 1 aromatic rings. The highest BCUT2D eigenvalue weighted by Crippen LogP contribution is 2.30. The number of rotatable bonds is 1. The first kappa shape index (κ1) is 12.4. The normalized spacial score (nSPS) is 20.2. The van der Waals surface area contributed by atoms with Crippen LogP contribution in [0.3, 0.4) is 0 Å². The Morgan fingerprint density at radius 1 is 1.17 bits per heavy atom. The Balaban J connectivity index is 2.26. The molecule has 96 valence electrons. The summed E-state index contributed by atoms with van der Waals surface area (Å²) < 4.78 is 37.0. The van der Waals surface area contributed by atoms with E-state index in [1.807, 2.05) is 0 Å². The molecule has 1 aliphatic rings. The van der Waals surface area contributed by atoms with Gasteiger partial charge < -0.3 is 5.73 Å². The summed E-state index contributed by atoms with van der Waals surface area (Å²) in [6.07, 6.45) is -4.45. The van der Waals surface area contributed by atoms with Gasteiger partial charge in [-0.3, -0.25) is 15.0 Å². The SMILES string of the molecule is NC1C(=O)NN(c2ccc(C(F)(F)F)cc2)C1=O. The van der Waals surface area contributed by atoms with E-state index >= 15 is 0 Å². The van der Waals surface area contributed by atoms with Gasteiger partial charge in [-0.1, -0.05) is 0 Å². The second-order valence-electron chi connectivity index (χ2n) is 3.67. The topological polar surface area (TPSA) is 75.4 Å². The first-order chi connectivity index (χ1) is 8.30. The van der Waals surface area contributed by atoms with Crippen molar-refractivity contribution in [3.8, 4) is 0 Å². The lowest BCUT2D eigenvalue weighted by atomic mass is 10.2. The molecule has 0 aliphatic carbocycles. The molecule has 1 fully saturated rings. The van der Waals surface area contributed by atoms with Gasteiger partial charge in [0.15, 0.2) is 6.04 Å². The standard InChI is InChI=1S/C10H8F3N3O2/c11-10(12,13)5-1-3-6(4-2-5)16-9(18)7(14)8(17)15-16/h1-4,7H,14H2,(H,15,17). The van der Waals surface area contributed by atoms with Crippen molar-refractivity contribution in [3.63, 3.8) is 0 Å². The Hall–Kier alpha value is -2.09. The van der Waals surface area contributed by atoms with E-state index in [1.165, 1.54) is 0 Å². The molecule has 1 heterocycles. The summed E-state index contributed by atoms with van der Waals surface area (Å²) in [5, 5.41) is 0.827. The minimum atomic E-state index is -4.45. The van der Waals surface area contributed by atoms with Crippen LogP contribution in [0, 0.1) is 0 Å². The van der Waals surface area contributed by atoms with E-state index in [9.17, 15) is 22.8 Å². The summed E-state index contributed by atoms with van der Waals surface area (Å²) >= 11 is 0. The van der Waals surface area contributed by atoms with Crippen molar-refractivity contribution in [1.82, 2.24) is 5.43 Å². The molecule has 1 aromatic carbocycles. The Morgan fingerprint density at radius 2 is 1.72 bits per heavy atom. The molecule has 3 N–H and O–H groups in total. The Labute approximate surface area is 99.3 Å². The van der Waals surface area contributed by atoms with Gasteiger partial charge in [-0.25, -0.2) is 5.01 Å². The number of halogens is 3. The van der Waals surface area contributed by atoms with Crippen LogP contribution in [0.4, 0.5) is 18.9 Å². The van der Waals surface area contributed by atoms with Crippen molar-refractivity contribution in [2.45, 2.75) is 12.2 Å². The van der Waals surface area contributed by atoms with Crippen molar-refractivity contribution in [1.29, 1.82) is 0 Å². The van der Waals surface area contributed by atoms with E-state index in [1.54, 1.807) is 0 Å². The van der Waals surface area contributed by atoms with Gasteiger partial charge in [-0.15, -0.1) is 0 Å². The molecule has 5 nitrogen and oxygen atoms in total. The fourth-order valence-electron chi connectivity index (χ4n) is 1.48. The maximum Gasteiger partial charge on any atom is 0.416 e. The number of carbonyl (C=O) groups is 2. The summed E-state index contributed by atoms with van der Waals surface area (Å²) in [4.78, 5) is 22.6. The van der Waals surface area contributed by atoms with Crippen molar-refractivity contribution >= 4 is 17.5 Å². The van der Waals surface area contributed by atoms with Gasteiger partial charge in [-0.05, 0) is 24.3 Å². The first-order valence-corrected chi connectivity index (χ1v) is 4.88. The highest BCUT2D eigenvalue weighted by atomic mass is 19.4. The van der Waals surface area contributed by atoms with E-state index in [0.29, 0.717) is 0 Å². The van der Waals surface area contributed by atoms with Crippen LogP contribution in [0.2, 0.25) is 0 Å². The molecular weight excluding hydrogens is 251 g/mol. The van der Waals surface area contributed by atoms with Crippen LogP contribution in [-0.4, -0.2) is 17.9 Å². The summed E-state index contributed by atoms with van der Waals surface area (Å²) in [7, 11) is 0. The quantitative estimate of drug-likeness (QED) is 0.717. The van der Waals surface area contributed by atoms with Gasteiger partial charge >= 0.3 is 6.18 Å². The fourth-order valence-corrected chi connectivity index (χ4v) is 1.48. The van der Waals surface area contributed by atoms with E-state index in [-0.39, 0.29) is 5.69 Å². The van der Waals surface area contributed by atoms with Crippen molar-refractivity contribution in [2.24, 2.45) is 5.73 Å². The summed E-state index contributed by atoms with van der Waals surface area (Å²) in [6, 6.07) is 2.47. The average molecular weight is 259 g/mol. The maximum absolute atomic E-state index is 12.3. The summed E-state index contributed by atoms with van der Waals surface area (Å²) in [5.41, 5.74) is 6.71. The molecule has 0 bridgehead atoms. The number of nitrogens with zero attached hydrogens (tertiary/aromatic N) is 1. The molecule has 1 aliphatic heterocycles. The van der Waals surface area contributed by atoms with E-state index in [0.717, 1.165) is 29.3 Å². The number of nitrogens with one attached hydrogen (secondary N) is 1.